The molecule has 1 aromatic heterocycles. The zero-order chi connectivity index (χ0) is 18.1. The molecular formula is C19H26N4O2. The number of hydrogen-bond acceptors (Lipinski definition) is 3. The van der Waals surface area contributed by atoms with Crippen molar-refractivity contribution in [3.63, 3.8) is 0 Å². The molecule has 0 aliphatic carbocycles. The molecule has 6 nitrogen and oxygen atoms in total. The molecule has 0 saturated carbocycles. The first-order valence-electron chi connectivity index (χ1n) is 8.35. The highest BCUT2D eigenvalue weighted by Crippen LogP contribution is 2.08. The van der Waals surface area contributed by atoms with Gasteiger partial charge in [0.2, 0.25) is 5.91 Å². The first-order valence-corrected chi connectivity index (χ1v) is 8.35. The number of hydrogen-bond donors (Lipinski definition) is 2. The van der Waals surface area contributed by atoms with Gasteiger partial charge in [-0.05, 0) is 30.2 Å². The number of carbonyl (C=O) groups excluding carboxylic acids is 1. The monoisotopic (exact) mass is 342 g/mol. The minimum absolute atomic E-state index is 0.00331. The van der Waals surface area contributed by atoms with Crippen LogP contribution in [0.4, 0.5) is 0 Å². The third kappa shape index (κ3) is 6.33. The van der Waals surface area contributed by atoms with E-state index in [1.54, 1.807) is 25.3 Å². The van der Waals surface area contributed by atoms with Gasteiger partial charge < -0.3 is 20.0 Å². The second-order valence-corrected chi connectivity index (χ2v) is 5.99. The summed E-state index contributed by atoms with van der Waals surface area (Å²) in [5, 5.41) is 6.34. The molecule has 0 spiro atoms. The molecule has 1 aromatic carbocycles. The molecule has 1 heterocycles. The smallest absolute Gasteiger partial charge is 0.241 e. The lowest BCUT2D eigenvalue weighted by atomic mass is 10.1. The number of rotatable bonds is 7. The Morgan fingerprint density at radius 3 is 2.64 bits per heavy atom. The normalized spacial score (nSPS) is 11.2. The molecule has 2 N–H and O–H groups in total. The fraction of sp³-hybridized carbons (Fsp3) is 0.368. The van der Waals surface area contributed by atoms with E-state index in [1.807, 2.05) is 24.3 Å². The van der Waals surface area contributed by atoms with E-state index >= 15 is 0 Å². The van der Waals surface area contributed by atoms with Gasteiger partial charge in [0.1, 0.15) is 5.76 Å². The summed E-state index contributed by atoms with van der Waals surface area (Å²) in [6, 6.07) is 12.0. The predicted molar refractivity (Wildman–Crippen MR) is 99.4 cm³/mol. The quantitative estimate of drug-likeness (QED) is 0.596. The summed E-state index contributed by atoms with van der Waals surface area (Å²) in [7, 11) is 3.47. The van der Waals surface area contributed by atoms with E-state index in [1.165, 1.54) is 5.56 Å². The Morgan fingerprint density at radius 2 is 1.96 bits per heavy atom. The van der Waals surface area contributed by atoms with Gasteiger partial charge in [0, 0.05) is 27.1 Å². The van der Waals surface area contributed by atoms with E-state index in [4.69, 9.17) is 4.42 Å². The molecule has 2 aromatic rings. The zero-order valence-corrected chi connectivity index (χ0v) is 15.1. The molecule has 0 aliphatic heterocycles. The average Bonchev–Trinajstić information content (AvgIpc) is 3.11. The maximum absolute atomic E-state index is 11.8. The summed E-state index contributed by atoms with van der Waals surface area (Å²) >= 11 is 0. The summed E-state index contributed by atoms with van der Waals surface area (Å²) in [6.07, 6.45) is 2.41. The number of aryl methyl sites for hydroxylation is 1. The number of benzene rings is 1. The second-order valence-electron chi connectivity index (χ2n) is 5.99. The number of nitrogens with one attached hydrogen (secondary N) is 2. The lowest BCUT2D eigenvalue weighted by Crippen LogP contribution is -2.43. The third-order valence-electron chi connectivity index (χ3n) is 3.82. The minimum Gasteiger partial charge on any atom is -0.469 e. The standard InChI is InChI=1S/C19H26N4O2/c1-15-7-4-5-8-16(15)13-21-19(22-14-18(24)23(2)3)20-11-10-17-9-6-12-25-17/h4-9,12H,10-11,13-14H2,1-3H3,(H2,20,21,22). The Labute approximate surface area is 148 Å². The van der Waals surface area contributed by atoms with Gasteiger partial charge in [-0.3, -0.25) is 4.79 Å². The van der Waals surface area contributed by atoms with Crippen LogP contribution in [0.5, 0.6) is 0 Å². The number of furan rings is 1. The van der Waals surface area contributed by atoms with E-state index < -0.39 is 0 Å². The van der Waals surface area contributed by atoms with Crippen LogP contribution in [0.2, 0.25) is 0 Å². The van der Waals surface area contributed by atoms with E-state index in [-0.39, 0.29) is 12.5 Å². The van der Waals surface area contributed by atoms with Crippen LogP contribution < -0.4 is 10.6 Å². The summed E-state index contributed by atoms with van der Waals surface area (Å²) < 4.78 is 5.33. The van der Waals surface area contributed by atoms with Crippen LogP contribution in [-0.2, 0) is 17.8 Å². The Hall–Kier alpha value is -2.76. The second kappa shape index (κ2) is 9.52. The van der Waals surface area contributed by atoms with E-state index in [0.29, 0.717) is 19.0 Å². The lowest BCUT2D eigenvalue weighted by Gasteiger charge is -2.15. The number of nitrogens with zero attached hydrogens (tertiary/aromatic N) is 2. The summed E-state index contributed by atoms with van der Waals surface area (Å²) in [5.74, 6) is 1.52. The number of amides is 1. The molecule has 0 aliphatic rings. The first-order chi connectivity index (χ1) is 12.1. The molecule has 0 unspecified atom stereocenters. The van der Waals surface area contributed by atoms with Gasteiger partial charge in [-0.1, -0.05) is 24.3 Å². The van der Waals surface area contributed by atoms with Crippen molar-refractivity contribution in [3.05, 3.63) is 59.5 Å². The van der Waals surface area contributed by atoms with Crippen LogP contribution in [-0.4, -0.2) is 44.0 Å². The fourth-order valence-corrected chi connectivity index (χ4v) is 2.20. The minimum atomic E-state index is -0.00331. The molecular weight excluding hydrogens is 316 g/mol. The molecule has 2 rings (SSSR count). The zero-order valence-electron chi connectivity index (χ0n) is 15.1. The van der Waals surface area contributed by atoms with Gasteiger partial charge in [0.15, 0.2) is 5.96 Å². The van der Waals surface area contributed by atoms with Crippen LogP contribution >= 0.6 is 0 Å². The number of likely N-dealkylation sites (N-methyl/N-ethyl adjacent to an activating group) is 1. The highest BCUT2D eigenvalue weighted by molar-refractivity contribution is 5.86. The largest absolute Gasteiger partial charge is 0.469 e. The fourth-order valence-electron chi connectivity index (χ4n) is 2.20. The highest BCUT2D eigenvalue weighted by atomic mass is 16.3. The molecule has 0 saturated heterocycles. The van der Waals surface area contributed by atoms with Gasteiger partial charge in [0.05, 0.1) is 19.4 Å². The topological polar surface area (TPSA) is 69.9 Å². The molecule has 0 bridgehead atoms. The van der Waals surface area contributed by atoms with Crippen molar-refractivity contribution in [3.8, 4) is 0 Å². The van der Waals surface area contributed by atoms with E-state index in [0.717, 1.165) is 17.7 Å². The van der Waals surface area contributed by atoms with E-state index in [9.17, 15) is 4.79 Å². The molecule has 0 fully saturated rings. The van der Waals surface area contributed by atoms with E-state index in [2.05, 4.69) is 34.7 Å². The molecule has 134 valence electrons. The van der Waals surface area contributed by atoms with Gasteiger partial charge >= 0.3 is 0 Å². The van der Waals surface area contributed by atoms with Gasteiger partial charge in [-0.15, -0.1) is 0 Å². The van der Waals surface area contributed by atoms with Crippen molar-refractivity contribution in [1.82, 2.24) is 15.5 Å². The number of aliphatic imine (C=N–C) groups is 1. The van der Waals surface area contributed by atoms with Crippen molar-refractivity contribution in [2.45, 2.75) is 19.9 Å². The van der Waals surface area contributed by atoms with Gasteiger partial charge in [0.25, 0.3) is 0 Å². The highest BCUT2D eigenvalue weighted by Gasteiger charge is 2.06. The van der Waals surface area contributed by atoms with Crippen molar-refractivity contribution >= 4 is 11.9 Å². The maximum atomic E-state index is 11.8. The average molecular weight is 342 g/mol. The van der Waals surface area contributed by atoms with Crippen LogP contribution in [0.3, 0.4) is 0 Å². The molecule has 1 amide bonds. The Balaban J connectivity index is 1.95. The van der Waals surface area contributed by atoms with Gasteiger partial charge in [-0.2, -0.15) is 0 Å². The van der Waals surface area contributed by atoms with Crippen LogP contribution in [0, 0.1) is 6.92 Å². The summed E-state index contributed by atoms with van der Waals surface area (Å²) in [5.41, 5.74) is 2.36. The molecule has 6 heteroatoms. The number of carbonyl (C=O) groups is 1. The summed E-state index contributed by atoms with van der Waals surface area (Å²) in [6.45, 7) is 3.49. The SMILES string of the molecule is Cc1ccccc1CN=C(NCCc1ccco1)NCC(=O)N(C)C. The van der Waals surface area contributed by atoms with Crippen molar-refractivity contribution < 1.29 is 9.21 Å². The lowest BCUT2D eigenvalue weighted by molar-refractivity contribution is -0.127. The van der Waals surface area contributed by atoms with Gasteiger partial charge in [-0.25, -0.2) is 4.99 Å². The van der Waals surface area contributed by atoms with Crippen LogP contribution in [0.15, 0.2) is 52.1 Å². The van der Waals surface area contributed by atoms with Crippen molar-refractivity contribution in [1.29, 1.82) is 0 Å². The van der Waals surface area contributed by atoms with Crippen molar-refractivity contribution in [2.24, 2.45) is 4.99 Å². The van der Waals surface area contributed by atoms with Crippen molar-refractivity contribution in [2.75, 3.05) is 27.2 Å². The predicted octanol–water partition coefficient (Wildman–Crippen LogP) is 1.95. The number of guanidine groups is 1. The van der Waals surface area contributed by atoms with Crippen LogP contribution in [0.25, 0.3) is 0 Å². The molecule has 0 radical (unpaired) electrons. The summed E-state index contributed by atoms with van der Waals surface area (Å²) in [4.78, 5) is 18.0. The third-order valence-corrected chi connectivity index (χ3v) is 3.82. The first kappa shape index (κ1) is 18.6. The molecule has 25 heavy (non-hydrogen) atoms. The Kier molecular flexibility index (Phi) is 7.07. The maximum Gasteiger partial charge on any atom is 0.241 e. The molecule has 0 atom stereocenters. The van der Waals surface area contributed by atoms with Crippen LogP contribution in [0.1, 0.15) is 16.9 Å². The Bertz CT molecular complexity index is 693. The Morgan fingerprint density at radius 1 is 1.16 bits per heavy atom.